The number of rotatable bonds is 2. The summed E-state index contributed by atoms with van der Waals surface area (Å²) in [6.45, 7) is 8.20. The molecule has 0 aliphatic carbocycles. The lowest BCUT2D eigenvalue weighted by Crippen LogP contribution is -2.25. The normalized spacial score (nSPS) is 34.9. The van der Waals surface area contributed by atoms with Crippen molar-refractivity contribution in [3.63, 3.8) is 0 Å². The van der Waals surface area contributed by atoms with E-state index in [1.165, 1.54) is 0 Å². The highest BCUT2D eigenvalue weighted by atomic mass is 16.5. The molecule has 0 bridgehead atoms. The standard InChI is InChI=1S/C14H21NO2/c1-8-5-6-12(7-15-8)14(16)13-9(2)10(3)17-11(13)4/h5-7,9-11,13-14,16H,1-4H3. The third-order valence-corrected chi connectivity index (χ3v) is 3.96. The van der Waals surface area contributed by atoms with Gasteiger partial charge < -0.3 is 9.84 Å². The van der Waals surface area contributed by atoms with Gasteiger partial charge in [-0.15, -0.1) is 0 Å². The molecule has 3 nitrogen and oxygen atoms in total. The fourth-order valence-corrected chi connectivity index (χ4v) is 2.71. The largest absolute Gasteiger partial charge is 0.388 e. The van der Waals surface area contributed by atoms with Gasteiger partial charge in [-0.1, -0.05) is 13.0 Å². The predicted octanol–water partition coefficient (Wildman–Crippen LogP) is 2.48. The van der Waals surface area contributed by atoms with Crippen LogP contribution >= 0.6 is 0 Å². The number of hydrogen-bond donors (Lipinski definition) is 1. The van der Waals surface area contributed by atoms with Crippen LogP contribution in [0.2, 0.25) is 0 Å². The van der Waals surface area contributed by atoms with Crippen LogP contribution in [0.1, 0.15) is 38.1 Å². The Labute approximate surface area is 103 Å². The second kappa shape index (κ2) is 4.75. The second-order valence-corrected chi connectivity index (χ2v) is 5.16. The van der Waals surface area contributed by atoms with E-state index in [4.69, 9.17) is 4.74 Å². The molecule has 2 rings (SSSR count). The fourth-order valence-electron chi connectivity index (χ4n) is 2.71. The maximum atomic E-state index is 10.4. The van der Waals surface area contributed by atoms with Gasteiger partial charge in [-0.2, -0.15) is 0 Å². The van der Waals surface area contributed by atoms with Crippen LogP contribution in [0.25, 0.3) is 0 Å². The molecule has 17 heavy (non-hydrogen) atoms. The number of aliphatic hydroxyl groups excluding tert-OH is 1. The van der Waals surface area contributed by atoms with Crippen LogP contribution in [0.5, 0.6) is 0 Å². The Kier molecular flexibility index (Phi) is 3.50. The second-order valence-electron chi connectivity index (χ2n) is 5.16. The van der Waals surface area contributed by atoms with E-state index in [0.717, 1.165) is 11.3 Å². The molecule has 1 aromatic rings. The van der Waals surface area contributed by atoms with E-state index >= 15 is 0 Å². The van der Waals surface area contributed by atoms with Crippen LogP contribution in [0.15, 0.2) is 18.3 Å². The van der Waals surface area contributed by atoms with Crippen LogP contribution in [0, 0.1) is 18.8 Å². The maximum Gasteiger partial charge on any atom is 0.0861 e. The number of ether oxygens (including phenoxy) is 1. The van der Waals surface area contributed by atoms with E-state index < -0.39 is 6.10 Å². The quantitative estimate of drug-likeness (QED) is 0.856. The Bertz CT molecular complexity index is 376. The van der Waals surface area contributed by atoms with Crippen LogP contribution in [-0.4, -0.2) is 22.3 Å². The Morgan fingerprint density at radius 1 is 1.24 bits per heavy atom. The molecule has 1 aliphatic heterocycles. The van der Waals surface area contributed by atoms with Crippen molar-refractivity contribution in [3.8, 4) is 0 Å². The highest BCUT2D eigenvalue weighted by Crippen LogP contribution is 2.40. The first-order valence-corrected chi connectivity index (χ1v) is 6.26. The number of hydrogen-bond acceptors (Lipinski definition) is 3. The molecule has 0 spiro atoms. The lowest BCUT2D eigenvalue weighted by atomic mass is 9.82. The average molecular weight is 235 g/mol. The summed E-state index contributed by atoms with van der Waals surface area (Å²) in [6, 6.07) is 3.89. The summed E-state index contributed by atoms with van der Waals surface area (Å²) in [6.07, 6.45) is 1.58. The molecule has 3 heteroatoms. The van der Waals surface area contributed by atoms with Gasteiger partial charge in [0, 0.05) is 17.8 Å². The van der Waals surface area contributed by atoms with Gasteiger partial charge in [-0.25, -0.2) is 0 Å². The van der Waals surface area contributed by atoms with Crippen LogP contribution < -0.4 is 0 Å². The lowest BCUT2D eigenvalue weighted by Gasteiger charge is -2.24. The van der Waals surface area contributed by atoms with Crippen LogP contribution in [0.4, 0.5) is 0 Å². The van der Waals surface area contributed by atoms with Crippen molar-refractivity contribution in [2.45, 2.75) is 46.0 Å². The molecule has 5 atom stereocenters. The maximum absolute atomic E-state index is 10.4. The fraction of sp³-hybridized carbons (Fsp3) is 0.643. The molecule has 0 saturated carbocycles. The Hall–Kier alpha value is -0.930. The molecule has 1 N–H and O–H groups in total. The molecule has 0 aromatic carbocycles. The number of aromatic nitrogens is 1. The molecule has 1 aromatic heterocycles. The number of aliphatic hydroxyl groups is 1. The van der Waals surface area contributed by atoms with E-state index in [9.17, 15) is 5.11 Å². The predicted molar refractivity (Wildman–Crippen MR) is 66.6 cm³/mol. The average Bonchev–Trinajstić information content (AvgIpc) is 2.53. The minimum atomic E-state index is -0.488. The van der Waals surface area contributed by atoms with Crippen molar-refractivity contribution >= 4 is 0 Å². The van der Waals surface area contributed by atoms with Crippen molar-refractivity contribution in [1.82, 2.24) is 4.98 Å². The van der Waals surface area contributed by atoms with Crippen LogP contribution in [-0.2, 0) is 4.74 Å². The van der Waals surface area contributed by atoms with Gasteiger partial charge in [0.05, 0.1) is 18.3 Å². The monoisotopic (exact) mass is 235 g/mol. The summed E-state index contributed by atoms with van der Waals surface area (Å²) in [4.78, 5) is 4.24. The molecule has 0 amide bonds. The molecule has 1 saturated heterocycles. The van der Waals surface area contributed by atoms with Gasteiger partial charge >= 0.3 is 0 Å². The molecule has 94 valence electrons. The SMILES string of the molecule is Cc1ccc(C(O)C2C(C)OC(C)C2C)cn1. The zero-order valence-electron chi connectivity index (χ0n) is 10.9. The van der Waals surface area contributed by atoms with E-state index in [1.54, 1.807) is 6.20 Å². The van der Waals surface area contributed by atoms with E-state index in [1.807, 2.05) is 26.0 Å². The van der Waals surface area contributed by atoms with E-state index in [0.29, 0.717) is 5.92 Å². The minimum absolute atomic E-state index is 0.0938. The topological polar surface area (TPSA) is 42.4 Å². The third kappa shape index (κ3) is 2.35. The van der Waals surface area contributed by atoms with Crippen molar-refractivity contribution in [2.75, 3.05) is 0 Å². The molecule has 1 aliphatic rings. The van der Waals surface area contributed by atoms with E-state index in [2.05, 4.69) is 18.8 Å². The molecular formula is C14H21NO2. The molecule has 0 radical (unpaired) electrons. The van der Waals surface area contributed by atoms with Crippen molar-refractivity contribution in [2.24, 2.45) is 11.8 Å². The summed E-state index contributed by atoms with van der Waals surface area (Å²) < 4.78 is 5.77. The number of nitrogens with zero attached hydrogens (tertiary/aromatic N) is 1. The highest BCUT2D eigenvalue weighted by Gasteiger charge is 2.41. The van der Waals surface area contributed by atoms with Crippen molar-refractivity contribution in [3.05, 3.63) is 29.6 Å². The molecule has 5 unspecified atom stereocenters. The Morgan fingerprint density at radius 3 is 2.41 bits per heavy atom. The molecular weight excluding hydrogens is 214 g/mol. The lowest BCUT2D eigenvalue weighted by molar-refractivity contribution is 0.0230. The van der Waals surface area contributed by atoms with Gasteiger partial charge in [-0.05, 0) is 38.3 Å². The zero-order chi connectivity index (χ0) is 12.6. The molecule has 2 heterocycles. The first-order chi connectivity index (χ1) is 8.00. The van der Waals surface area contributed by atoms with Crippen molar-refractivity contribution in [1.29, 1.82) is 0 Å². The smallest absolute Gasteiger partial charge is 0.0861 e. The highest BCUT2D eigenvalue weighted by molar-refractivity contribution is 5.17. The Balaban J connectivity index is 2.19. The minimum Gasteiger partial charge on any atom is -0.388 e. The first-order valence-electron chi connectivity index (χ1n) is 6.26. The summed E-state index contributed by atoms with van der Waals surface area (Å²) in [5.74, 6) is 0.510. The Morgan fingerprint density at radius 2 is 1.94 bits per heavy atom. The van der Waals surface area contributed by atoms with Crippen LogP contribution in [0.3, 0.4) is 0 Å². The molecule has 1 fully saturated rings. The number of aryl methyl sites for hydroxylation is 1. The zero-order valence-corrected chi connectivity index (χ0v) is 10.9. The van der Waals surface area contributed by atoms with Gasteiger partial charge in [0.15, 0.2) is 0 Å². The van der Waals surface area contributed by atoms with Gasteiger partial charge in [0.2, 0.25) is 0 Å². The summed E-state index contributed by atoms with van der Waals surface area (Å²) in [5.41, 5.74) is 1.86. The summed E-state index contributed by atoms with van der Waals surface area (Å²) >= 11 is 0. The summed E-state index contributed by atoms with van der Waals surface area (Å²) in [7, 11) is 0. The van der Waals surface area contributed by atoms with Gasteiger partial charge in [0.25, 0.3) is 0 Å². The first kappa shape index (κ1) is 12.5. The van der Waals surface area contributed by atoms with E-state index in [-0.39, 0.29) is 18.1 Å². The third-order valence-electron chi connectivity index (χ3n) is 3.96. The van der Waals surface area contributed by atoms with Crippen molar-refractivity contribution < 1.29 is 9.84 Å². The van der Waals surface area contributed by atoms with Gasteiger partial charge in [-0.3, -0.25) is 4.98 Å². The summed E-state index contributed by atoms with van der Waals surface area (Å²) in [5, 5.41) is 10.4. The van der Waals surface area contributed by atoms with Gasteiger partial charge in [0.1, 0.15) is 0 Å². The number of pyridine rings is 1.